The molecule has 0 aliphatic heterocycles. The summed E-state index contributed by atoms with van der Waals surface area (Å²) in [6, 6.07) is 21.3. The molecule has 162 valence electrons. The maximum atomic E-state index is 13.3. The van der Waals surface area contributed by atoms with Crippen LogP contribution in [0.2, 0.25) is 34.7 Å². The van der Waals surface area contributed by atoms with E-state index in [0.29, 0.717) is 33.7 Å². The molecule has 0 bridgehead atoms. The summed E-state index contributed by atoms with van der Waals surface area (Å²) in [4.78, 5) is 15.2. The van der Waals surface area contributed by atoms with Crippen LogP contribution < -0.4 is 5.19 Å². The highest BCUT2D eigenvalue weighted by Gasteiger charge is 2.19. The summed E-state index contributed by atoms with van der Waals surface area (Å²) < 4.78 is 0. The molecule has 0 heterocycles. The van der Waals surface area contributed by atoms with Crippen LogP contribution in [0.4, 0.5) is 0 Å². The van der Waals surface area contributed by atoms with Crippen LogP contribution in [0.5, 0.6) is 0 Å². The van der Waals surface area contributed by atoms with E-state index in [2.05, 4.69) is 43.9 Å². The predicted octanol–water partition coefficient (Wildman–Crippen LogP) is 7.08. The van der Waals surface area contributed by atoms with Crippen molar-refractivity contribution < 1.29 is 4.79 Å². The van der Waals surface area contributed by atoms with E-state index in [1.54, 1.807) is 18.2 Å². The van der Waals surface area contributed by atoms with Gasteiger partial charge < -0.3 is 4.90 Å². The molecule has 1 amide bonds. The number of nitrogens with zero attached hydrogens (tertiary/aromatic N) is 1. The molecule has 3 aromatic carbocycles. The van der Waals surface area contributed by atoms with Crippen LogP contribution in [0, 0.1) is 0 Å². The van der Waals surface area contributed by atoms with Gasteiger partial charge in [0.1, 0.15) is 0 Å². The average molecular weight is 491 g/mol. The van der Waals surface area contributed by atoms with Crippen molar-refractivity contribution in [1.29, 1.82) is 0 Å². The summed E-state index contributed by atoms with van der Waals surface area (Å²) in [6.45, 7) is 8.06. The highest BCUT2D eigenvalue weighted by Crippen LogP contribution is 2.21. The van der Waals surface area contributed by atoms with Gasteiger partial charge in [0.05, 0.1) is 8.07 Å². The second-order valence-electron chi connectivity index (χ2n) is 8.71. The van der Waals surface area contributed by atoms with Crippen LogP contribution in [0.25, 0.3) is 0 Å². The second kappa shape index (κ2) is 10.2. The zero-order chi connectivity index (χ0) is 22.6. The van der Waals surface area contributed by atoms with Crippen LogP contribution in [-0.2, 0) is 13.0 Å². The Morgan fingerprint density at radius 2 is 1.32 bits per heavy atom. The van der Waals surface area contributed by atoms with Crippen molar-refractivity contribution in [2.75, 3.05) is 6.54 Å². The van der Waals surface area contributed by atoms with Crippen molar-refractivity contribution in [1.82, 2.24) is 4.90 Å². The summed E-state index contributed by atoms with van der Waals surface area (Å²) in [5.41, 5.74) is 2.72. The van der Waals surface area contributed by atoms with Crippen LogP contribution in [-0.4, -0.2) is 25.4 Å². The number of carbonyl (C=O) groups is 1. The smallest absolute Gasteiger partial charge is 0.254 e. The molecular weight excluding hydrogens is 465 g/mol. The first-order valence-electron chi connectivity index (χ1n) is 10.2. The molecule has 0 aliphatic carbocycles. The Labute approximate surface area is 200 Å². The van der Waals surface area contributed by atoms with E-state index in [1.165, 1.54) is 5.19 Å². The van der Waals surface area contributed by atoms with Gasteiger partial charge in [0.2, 0.25) is 0 Å². The van der Waals surface area contributed by atoms with E-state index in [1.807, 2.05) is 29.2 Å². The van der Waals surface area contributed by atoms with Gasteiger partial charge in [-0.25, -0.2) is 0 Å². The Morgan fingerprint density at radius 3 is 1.87 bits per heavy atom. The number of benzene rings is 3. The van der Waals surface area contributed by atoms with E-state index in [4.69, 9.17) is 34.8 Å². The maximum Gasteiger partial charge on any atom is 0.254 e. The topological polar surface area (TPSA) is 20.3 Å². The van der Waals surface area contributed by atoms with Crippen molar-refractivity contribution in [3.63, 3.8) is 0 Å². The molecule has 0 unspecified atom stereocenters. The minimum Gasteiger partial charge on any atom is -0.334 e. The molecule has 31 heavy (non-hydrogen) atoms. The molecule has 0 spiro atoms. The zero-order valence-electron chi connectivity index (χ0n) is 18.0. The number of amides is 1. The van der Waals surface area contributed by atoms with Crippen LogP contribution >= 0.6 is 34.8 Å². The van der Waals surface area contributed by atoms with Crippen molar-refractivity contribution in [2.45, 2.75) is 32.6 Å². The third-order valence-corrected chi connectivity index (χ3v) is 7.93. The average Bonchev–Trinajstić information content (AvgIpc) is 2.71. The fourth-order valence-electron chi connectivity index (χ4n) is 3.36. The Bertz CT molecular complexity index is 1020. The van der Waals surface area contributed by atoms with Crippen molar-refractivity contribution in [3.8, 4) is 0 Å². The highest BCUT2D eigenvalue weighted by molar-refractivity contribution is 6.88. The molecular formula is C25H26Cl3NOSi. The summed E-state index contributed by atoms with van der Waals surface area (Å²) in [5.74, 6) is -0.0902. The summed E-state index contributed by atoms with van der Waals surface area (Å²) >= 11 is 18.3. The van der Waals surface area contributed by atoms with Crippen molar-refractivity contribution in [3.05, 3.63) is 98.5 Å². The lowest BCUT2D eigenvalue weighted by Crippen LogP contribution is -2.37. The van der Waals surface area contributed by atoms with Gasteiger partial charge in [-0.05, 0) is 47.9 Å². The third kappa shape index (κ3) is 6.85. The normalized spacial score (nSPS) is 11.4. The number of rotatable bonds is 7. The predicted molar refractivity (Wildman–Crippen MR) is 136 cm³/mol. The van der Waals surface area contributed by atoms with Crippen molar-refractivity contribution in [2.24, 2.45) is 0 Å². The van der Waals surface area contributed by atoms with Crippen LogP contribution in [0.3, 0.4) is 0 Å². The zero-order valence-corrected chi connectivity index (χ0v) is 21.2. The SMILES string of the molecule is C[Si](C)(C)c1ccc(CN(CCc2ccc(Cl)cc2)C(=O)c2cc(Cl)cc(Cl)c2)cc1. The number of hydrogen-bond acceptors (Lipinski definition) is 1. The molecule has 3 aromatic rings. The summed E-state index contributed by atoms with van der Waals surface area (Å²) in [6.07, 6.45) is 0.726. The van der Waals surface area contributed by atoms with Gasteiger partial charge in [0.15, 0.2) is 0 Å². The lowest BCUT2D eigenvalue weighted by atomic mass is 10.1. The minimum atomic E-state index is -1.37. The molecule has 0 aliphatic rings. The minimum absolute atomic E-state index is 0.0902. The van der Waals surface area contributed by atoms with Crippen molar-refractivity contribution >= 4 is 54.0 Å². The molecule has 3 rings (SSSR count). The van der Waals surface area contributed by atoms with E-state index < -0.39 is 8.07 Å². The lowest BCUT2D eigenvalue weighted by molar-refractivity contribution is 0.0745. The van der Waals surface area contributed by atoms with Gasteiger partial charge in [0, 0.05) is 33.7 Å². The number of carbonyl (C=O) groups excluding carboxylic acids is 1. The van der Waals surface area contributed by atoms with Crippen LogP contribution in [0.15, 0.2) is 66.7 Å². The molecule has 0 fully saturated rings. The van der Waals surface area contributed by atoms with Gasteiger partial charge in [-0.15, -0.1) is 0 Å². The lowest BCUT2D eigenvalue weighted by Gasteiger charge is -2.24. The molecule has 0 saturated heterocycles. The van der Waals surface area contributed by atoms with E-state index in [-0.39, 0.29) is 5.91 Å². The molecule has 0 atom stereocenters. The molecule has 2 nitrogen and oxygen atoms in total. The third-order valence-electron chi connectivity index (χ3n) is 5.17. The number of hydrogen-bond donors (Lipinski definition) is 0. The summed E-state index contributed by atoms with van der Waals surface area (Å²) in [5, 5.41) is 3.01. The van der Waals surface area contributed by atoms with E-state index >= 15 is 0 Å². The number of halogens is 3. The monoisotopic (exact) mass is 489 g/mol. The largest absolute Gasteiger partial charge is 0.334 e. The molecule has 6 heteroatoms. The maximum absolute atomic E-state index is 13.3. The second-order valence-corrected chi connectivity index (χ2v) is 15.1. The molecule has 0 N–H and O–H groups in total. The van der Waals surface area contributed by atoms with Gasteiger partial charge >= 0.3 is 0 Å². The summed E-state index contributed by atoms with van der Waals surface area (Å²) in [7, 11) is -1.37. The van der Waals surface area contributed by atoms with Gasteiger partial charge in [-0.1, -0.05) is 96.0 Å². The first-order chi connectivity index (χ1) is 14.6. The Balaban J connectivity index is 1.83. The molecule has 0 aromatic heterocycles. The highest BCUT2D eigenvalue weighted by atomic mass is 35.5. The fourth-order valence-corrected chi connectivity index (χ4v) is 5.18. The molecule has 0 radical (unpaired) electrons. The van der Waals surface area contributed by atoms with Gasteiger partial charge in [-0.2, -0.15) is 0 Å². The first kappa shape index (κ1) is 23.9. The van der Waals surface area contributed by atoms with E-state index in [0.717, 1.165) is 17.5 Å². The molecule has 0 saturated carbocycles. The quantitative estimate of drug-likeness (QED) is 0.324. The first-order valence-corrected chi connectivity index (χ1v) is 14.8. The Morgan fingerprint density at radius 1 is 0.774 bits per heavy atom. The fraction of sp³-hybridized carbons (Fsp3) is 0.240. The van der Waals surface area contributed by atoms with Gasteiger partial charge in [-0.3, -0.25) is 4.79 Å². The standard InChI is InChI=1S/C25H26Cl3NOSi/c1-31(2,3)24-10-6-19(7-11-24)17-29(13-12-18-4-8-21(26)9-5-18)25(30)20-14-22(27)16-23(28)15-20/h4-11,14-16H,12-13,17H2,1-3H3. The van der Waals surface area contributed by atoms with E-state index in [9.17, 15) is 4.79 Å². The Kier molecular flexibility index (Phi) is 7.87. The Hall–Kier alpha value is -1.78. The van der Waals surface area contributed by atoms with Gasteiger partial charge in [0.25, 0.3) is 5.91 Å². The van der Waals surface area contributed by atoms with Crippen LogP contribution in [0.1, 0.15) is 21.5 Å².